The first-order valence-corrected chi connectivity index (χ1v) is 7.71. The molecule has 1 aromatic heterocycles. The van der Waals surface area contributed by atoms with Gasteiger partial charge < -0.3 is 16.5 Å². The molecular weight excluding hydrogens is 282 g/mol. The first-order valence-electron chi connectivity index (χ1n) is 6.83. The highest BCUT2D eigenvalue weighted by Gasteiger charge is 2.07. The summed E-state index contributed by atoms with van der Waals surface area (Å²) >= 11 is 1.56. The molecule has 0 aliphatic heterocycles. The van der Waals surface area contributed by atoms with Gasteiger partial charge in [0.25, 0.3) is 0 Å². The standard InChI is InChI=1S/C14H15N3OS.C2H6/c1-9(15)12-7-10(4-5-13(12)16)17-14(18)8-11-3-2-6-19-11;1-2/h2-7,15H,8,16H2,1H3,(H,17,18);1-2H3. The molecule has 0 atom stereocenters. The van der Waals surface area contributed by atoms with E-state index in [4.69, 9.17) is 11.1 Å². The van der Waals surface area contributed by atoms with Crippen molar-refractivity contribution in [2.45, 2.75) is 27.2 Å². The van der Waals surface area contributed by atoms with Crippen LogP contribution in [0.25, 0.3) is 0 Å². The van der Waals surface area contributed by atoms with E-state index >= 15 is 0 Å². The highest BCUT2D eigenvalue weighted by atomic mass is 32.1. The first-order chi connectivity index (χ1) is 10.1. The molecule has 0 bridgehead atoms. The summed E-state index contributed by atoms with van der Waals surface area (Å²) in [5.41, 5.74) is 8.02. The normalized spacial score (nSPS) is 9.48. The summed E-state index contributed by atoms with van der Waals surface area (Å²) in [6.07, 6.45) is 0.362. The lowest BCUT2D eigenvalue weighted by Gasteiger charge is -2.08. The van der Waals surface area contributed by atoms with Crippen molar-refractivity contribution in [2.24, 2.45) is 0 Å². The number of nitrogens with two attached hydrogens (primary N) is 1. The third-order valence-corrected chi connectivity index (χ3v) is 3.53. The molecule has 4 nitrogen and oxygen atoms in total. The van der Waals surface area contributed by atoms with Crippen LogP contribution in [0.1, 0.15) is 31.2 Å². The number of amides is 1. The van der Waals surface area contributed by atoms with Crippen LogP contribution >= 0.6 is 11.3 Å². The van der Waals surface area contributed by atoms with Gasteiger partial charge >= 0.3 is 0 Å². The molecule has 5 heteroatoms. The Labute approximate surface area is 129 Å². The van der Waals surface area contributed by atoms with E-state index in [9.17, 15) is 4.79 Å². The number of hydrogen-bond donors (Lipinski definition) is 3. The van der Waals surface area contributed by atoms with Gasteiger partial charge in [-0.3, -0.25) is 4.79 Å². The van der Waals surface area contributed by atoms with Gasteiger partial charge in [0.05, 0.1) is 6.42 Å². The van der Waals surface area contributed by atoms with E-state index in [2.05, 4.69) is 5.32 Å². The topological polar surface area (TPSA) is 79.0 Å². The van der Waals surface area contributed by atoms with Crippen LogP contribution < -0.4 is 11.1 Å². The Morgan fingerprint density at radius 3 is 2.62 bits per heavy atom. The van der Waals surface area contributed by atoms with Gasteiger partial charge in [0.2, 0.25) is 5.91 Å². The lowest BCUT2D eigenvalue weighted by atomic mass is 10.1. The lowest BCUT2D eigenvalue weighted by molar-refractivity contribution is -0.115. The summed E-state index contributed by atoms with van der Waals surface area (Å²) in [6, 6.07) is 9.03. The molecule has 1 heterocycles. The highest BCUT2D eigenvalue weighted by molar-refractivity contribution is 7.10. The molecular formula is C16H21N3OS. The van der Waals surface area contributed by atoms with Gasteiger partial charge in [0.1, 0.15) is 0 Å². The van der Waals surface area contributed by atoms with Crippen LogP contribution in [0.2, 0.25) is 0 Å². The summed E-state index contributed by atoms with van der Waals surface area (Å²) in [5, 5.41) is 12.4. The minimum absolute atomic E-state index is 0.0687. The SMILES string of the molecule is CC.CC(=N)c1cc(NC(=O)Cc2cccs2)ccc1N. The van der Waals surface area contributed by atoms with Crippen molar-refractivity contribution in [1.82, 2.24) is 0 Å². The number of anilines is 2. The van der Waals surface area contributed by atoms with Crippen molar-refractivity contribution in [3.05, 3.63) is 46.2 Å². The largest absolute Gasteiger partial charge is 0.398 e. The highest BCUT2D eigenvalue weighted by Crippen LogP contribution is 2.19. The monoisotopic (exact) mass is 303 g/mol. The number of nitrogen functional groups attached to an aromatic ring is 1. The Kier molecular flexibility index (Phi) is 6.62. The van der Waals surface area contributed by atoms with Crippen molar-refractivity contribution in [3.63, 3.8) is 0 Å². The Morgan fingerprint density at radius 1 is 1.33 bits per heavy atom. The number of hydrogen-bond acceptors (Lipinski definition) is 4. The van der Waals surface area contributed by atoms with Crippen LogP contribution in [0.4, 0.5) is 11.4 Å². The molecule has 112 valence electrons. The predicted octanol–water partition coefficient (Wildman–Crippen LogP) is 3.93. The Bertz CT molecular complexity index is 606. The number of carbonyl (C=O) groups is 1. The molecule has 0 unspecified atom stereocenters. The number of nitrogens with one attached hydrogen (secondary N) is 2. The van der Waals surface area contributed by atoms with Crippen molar-refractivity contribution in [2.75, 3.05) is 11.1 Å². The van der Waals surface area contributed by atoms with Crippen LogP contribution in [-0.4, -0.2) is 11.6 Å². The zero-order chi connectivity index (χ0) is 15.8. The fraction of sp³-hybridized carbons (Fsp3) is 0.250. The molecule has 21 heavy (non-hydrogen) atoms. The van der Waals surface area contributed by atoms with Gasteiger partial charge in [-0.2, -0.15) is 0 Å². The Hall–Kier alpha value is -2.14. The minimum Gasteiger partial charge on any atom is -0.398 e. The summed E-state index contributed by atoms with van der Waals surface area (Å²) in [5.74, 6) is -0.0687. The van der Waals surface area contributed by atoms with Crippen molar-refractivity contribution < 1.29 is 4.79 Å². The average Bonchev–Trinajstić information content (AvgIpc) is 2.95. The second kappa shape index (κ2) is 8.21. The van der Waals surface area contributed by atoms with Crippen molar-refractivity contribution in [3.8, 4) is 0 Å². The van der Waals surface area contributed by atoms with E-state index in [0.717, 1.165) is 4.88 Å². The molecule has 0 radical (unpaired) electrons. The maximum atomic E-state index is 11.9. The van der Waals surface area contributed by atoms with Gasteiger partial charge in [-0.25, -0.2) is 0 Å². The van der Waals surface area contributed by atoms with Crippen LogP contribution in [-0.2, 0) is 11.2 Å². The maximum absolute atomic E-state index is 11.9. The number of rotatable bonds is 4. The molecule has 0 fully saturated rings. The van der Waals surface area contributed by atoms with Gasteiger partial charge in [-0.1, -0.05) is 19.9 Å². The average molecular weight is 303 g/mol. The molecule has 0 spiro atoms. The maximum Gasteiger partial charge on any atom is 0.229 e. The molecule has 1 aromatic carbocycles. The van der Waals surface area contributed by atoms with Crippen LogP contribution in [0.15, 0.2) is 35.7 Å². The van der Waals surface area contributed by atoms with Gasteiger partial charge in [-0.15, -0.1) is 11.3 Å². The molecule has 2 aromatic rings. The van der Waals surface area contributed by atoms with Crippen LogP contribution in [0.5, 0.6) is 0 Å². The minimum atomic E-state index is -0.0687. The number of benzene rings is 1. The molecule has 0 aliphatic rings. The Morgan fingerprint density at radius 2 is 2.05 bits per heavy atom. The van der Waals surface area contributed by atoms with Gasteiger partial charge in [0, 0.05) is 27.5 Å². The lowest BCUT2D eigenvalue weighted by Crippen LogP contribution is -2.14. The van der Waals surface area contributed by atoms with Crippen molar-refractivity contribution in [1.29, 1.82) is 5.41 Å². The predicted molar refractivity (Wildman–Crippen MR) is 91.4 cm³/mol. The number of thiophene rings is 1. The third kappa shape index (κ3) is 5.04. The summed E-state index contributed by atoms with van der Waals surface area (Å²) in [7, 11) is 0. The fourth-order valence-electron chi connectivity index (χ4n) is 1.74. The van der Waals surface area contributed by atoms with Gasteiger partial charge in [-0.05, 0) is 36.6 Å². The van der Waals surface area contributed by atoms with E-state index in [-0.39, 0.29) is 5.91 Å². The fourth-order valence-corrected chi connectivity index (χ4v) is 2.44. The van der Waals surface area contributed by atoms with Crippen molar-refractivity contribution >= 4 is 34.3 Å². The smallest absolute Gasteiger partial charge is 0.229 e. The summed E-state index contributed by atoms with van der Waals surface area (Å²) in [4.78, 5) is 12.9. The zero-order valence-corrected chi connectivity index (χ0v) is 13.4. The molecule has 0 aliphatic carbocycles. The van der Waals surface area contributed by atoms with Crippen LogP contribution in [0.3, 0.4) is 0 Å². The first kappa shape index (κ1) is 16.9. The van der Waals surface area contributed by atoms with Gasteiger partial charge in [0.15, 0.2) is 0 Å². The molecule has 0 saturated carbocycles. The number of carbonyl (C=O) groups excluding carboxylic acids is 1. The zero-order valence-electron chi connectivity index (χ0n) is 12.6. The van der Waals surface area contributed by atoms with E-state index in [1.165, 1.54) is 0 Å². The second-order valence-electron chi connectivity index (χ2n) is 4.23. The van der Waals surface area contributed by atoms with Crippen LogP contribution in [0, 0.1) is 5.41 Å². The van der Waals surface area contributed by atoms with E-state index in [1.54, 1.807) is 36.5 Å². The quantitative estimate of drug-likeness (QED) is 0.591. The van der Waals surface area contributed by atoms with E-state index in [0.29, 0.717) is 29.1 Å². The Balaban J connectivity index is 0.00000106. The summed E-state index contributed by atoms with van der Waals surface area (Å²) in [6.45, 7) is 5.67. The third-order valence-electron chi connectivity index (χ3n) is 2.66. The molecule has 2 rings (SSSR count). The van der Waals surface area contributed by atoms with E-state index < -0.39 is 0 Å². The summed E-state index contributed by atoms with van der Waals surface area (Å²) < 4.78 is 0. The second-order valence-corrected chi connectivity index (χ2v) is 5.26. The van der Waals surface area contributed by atoms with E-state index in [1.807, 2.05) is 31.4 Å². The molecule has 1 amide bonds. The molecule has 0 saturated heterocycles. The molecule has 4 N–H and O–H groups in total.